The highest BCUT2D eigenvalue weighted by Crippen LogP contribution is 2.25. The third-order valence-electron chi connectivity index (χ3n) is 3.33. The number of thioether (sulfide) groups is 1. The van der Waals surface area contributed by atoms with Gasteiger partial charge in [-0.05, 0) is 23.3 Å². The van der Waals surface area contributed by atoms with Crippen molar-refractivity contribution in [3.63, 3.8) is 0 Å². The SMILES string of the molecule is O=C(Cc1c(Cl)cccc1Cl)Nc1nc(SCc2ccccc2)n[nH]1. The average Bonchev–Trinajstić information content (AvgIpc) is 3.05. The number of amides is 1. The molecule has 1 amide bonds. The topological polar surface area (TPSA) is 70.7 Å². The third-order valence-corrected chi connectivity index (χ3v) is 4.96. The largest absolute Gasteiger partial charge is 0.295 e. The maximum absolute atomic E-state index is 12.2. The summed E-state index contributed by atoms with van der Waals surface area (Å²) in [5.41, 5.74) is 1.76. The smallest absolute Gasteiger partial charge is 0.231 e. The summed E-state index contributed by atoms with van der Waals surface area (Å²) in [7, 11) is 0. The molecule has 5 nitrogen and oxygen atoms in total. The number of H-pyrrole nitrogens is 1. The molecule has 8 heteroatoms. The minimum absolute atomic E-state index is 0.0612. The maximum atomic E-state index is 12.2. The summed E-state index contributed by atoms with van der Waals surface area (Å²) in [5.74, 6) is 0.774. The quantitative estimate of drug-likeness (QED) is 0.602. The number of carbonyl (C=O) groups is 1. The van der Waals surface area contributed by atoms with Gasteiger partial charge in [0.25, 0.3) is 0 Å². The third kappa shape index (κ3) is 4.98. The second-order valence-electron chi connectivity index (χ2n) is 5.17. The van der Waals surface area contributed by atoms with Gasteiger partial charge in [-0.1, -0.05) is 71.4 Å². The van der Waals surface area contributed by atoms with E-state index in [9.17, 15) is 4.79 Å². The Balaban J connectivity index is 1.56. The van der Waals surface area contributed by atoms with Crippen molar-refractivity contribution in [1.82, 2.24) is 15.2 Å². The van der Waals surface area contributed by atoms with Gasteiger partial charge in [0, 0.05) is 15.8 Å². The van der Waals surface area contributed by atoms with E-state index in [1.165, 1.54) is 17.3 Å². The van der Waals surface area contributed by atoms with Crippen molar-refractivity contribution in [2.45, 2.75) is 17.3 Å². The molecule has 1 aromatic heterocycles. The molecule has 2 N–H and O–H groups in total. The number of aromatic amines is 1. The highest BCUT2D eigenvalue weighted by atomic mass is 35.5. The fourth-order valence-corrected chi connectivity index (χ4v) is 3.41. The van der Waals surface area contributed by atoms with Crippen molar-refractivity contribution in [3.8, 4) is 0 Å². The Morgan fingerprint density at radius 2 is 1.80 bits per heavy atom. The summed E-state index contributed by atoms with van der Waals surface area (Å²) in [6, 6.07) is 15.1. The van der Waals surface area contributed by atoms with E-state index in [0.717, 1.165) is 5.75 Å². The van der Waals surface area contributed by atoms with Crippen LogP contribution in [0.25, 0.3) is 0 Å². The molecule has 0 saturated heterocycles. The first kappa shape index (κ1) is 17.8. The monoisotopic (exact) mass is 392 g/mol. The van der Waals surface area contributed by atoms with Gasteiger partial charge in [0.05, 0.1) is 6.42 Å². The van der Waals surface area contributed by atoms with E-state index in [0.29, 0.717) is 26.7 Å². The minimum Gasteiger partial charge on any atom is -0.295 e. The van der Waals surface area contributed by atoms with Gasteiger partial charge in [-0.2, -0.15) is 4.98 Å². The molecule has 0 aliphatic carbocycles. The molecule has 1 heterocycles. The molecule has 25 heavy (non-hydrogen) atoms. The van der Waals surface area contributed by atoms with Gasteiger partial charge in [0.2, 0.25) is 17.0 Å². The normalized spacial score (nSPS) is 10.6. The minimum atomic E-state index is -0.272. The first-order valence-electron chi connectivity index (χ1n) is 7.43. The van der Waals surface area contributed by atoms with Crippen LogP contribution in [0, 0.1) is 0 Å². The van der Waals surface area contributed by atoms with Gasteiger partial charge in [-0.3, -0.25) is 10.1 Å². The van der Waals surface area contributed by atoms with Crippen molar-refractivity contribution in [2.24, 2.45) is 0 Å². The molecule has 0 bridgehead atoms. The Morgan fingerprint density at radius 3 is 2.52 bits per heavy atom. The van der Waals surface area contributed by atoms with Gasteiger partial charge in [-0.15, -0.1) is 5.10 Å². The lowest BCUT2D eigenvalue weighted by Gasteiger charge is -2.06. The molecule has 0 aliphatic heterocycles. The van der Waals surface area contributed by atoms with E-state index < -0.39 is 0 Å². The zero-order valence-electron chi connectivity index (χ0n) is 13.0. The Morgan fingerprint density at radius 1 is 1.08 bits per heavy atom. The van der Waals surface area contributed by atoms with Crippen molar-refractivity contribution in [1.29, 1.82) is 0 Å². The predicted molar refractivity (Wildman–Crippen MR) is 101 cm³/mol. The standard InChI is InChI=1S/C17H14Cl2N4OS/c18-13-7-4-8-14(19)12(13)9-15(24)20-16-21-17(23-22-16)25-10-11-5-2-1-3-6-11/h1-8H,9-10H2,(H2,20,21,22,23,24). The number of hydrogen-bond acceptors (Lipinski definition) is 4. The van der Waals surface area contributed by atoms with Crippen LogP contribution in [0.15, 0.2) is 53.7 Å². The molecule has 0 aliphatic rings. The number of nitrogens with zero attached hydrogens (tertiary/aromatic N) is 2. The average molecular weight is 393 g/mol. The molecule has 0 radical (unpaired) electrons. The number of nitrogens with one attached hydrogen (secondary N) is 2. The molecule has 3 aromatic rings. The van der Waals surface area contributed by atoms with Crippen LogP contribution >= 0.6 is 35.0 Å². The highest BCUT2D eigenvalue weighted by molar-refractivity contribution is 7.98. The number of aromatic nitrogens is 3. The Labute approximate surface area is 159 Å². The molecule has 2 aromatic carbocycles. The van der Waals surface area contributed by atoms with Crippen LogP contribution in [0.1, 0.15) is 11.1 Å². The van der Waals surface area contributed by atoms with Crippen LogP contribution in [0.4, 0.5) is 5.95 Å². The van der Waals surface area contributed by atoms with E-state index in [-0.39, 0.29) is 12.3 Å². The highest BCUT2D eigenvalue weighted by Gasteiger charge is 2.13. The van der Waals surface area contributed by atoms with Crippen LogP contribution in [-0.4, -0.2) is 21.1 Å². The molecular weight excluding hydrogens is 379 g/mol. The van der Waals surface area contributed by atoms with Crippen LogP contribution in [0.3, 0.4) is 0 Å². The summed E-state index contributed by atoms with van der Waals surface area (Å²) >= 11 is 13.6. The molecule has 0 unspecified atom stereocenters. The van der Waals surface area contributed by atoms with E-state index in [1.54, 1.807) is 18.2 Å². The summed E-state index contributed by atoms with van der Waals surface area (Å²) < 4.78 is 0. The maximum Gasteiger partial charge on any atom is 0.231 e. The van der Waals surface area contributed by atoms with Crippen LogP contribution < -0.4 is 5.32 Å². The number of rotatable bonds is 6. The van der Waals surface area contributed by atoms with Gasteiger partial charge in [-0.25, -0.2) is 5.10 Å². The molecular formula is C17H14Cl2N4OS. The molecule has 0 saturated carbocycles. The molecule has 0 fully saturated rings. The van der Waals surface area contributed by atoms with Gasteiger partial charge in [0.15, 0.2) is 0 Å². The summed E-state index contributed by atoms with van der Waals surface area (Å²) in [6.45, 7) is 0. The van der Waals surface area contributed by atoms with Crippen LogP contribution in [0.2, 0.25) is 10.0 Å². The van der Waals surface area contributed by atoms with Gasteiger partial charge < -0.3 is 0 Å². The predicted octanol–water partition coefficient (Wildman–Crippen LogP) is 4.59. The number of hydrogen-bond donors (Lipinski definition) is 2. The lowest BCUT2D eigenvalue weighted by atomic mass is 10.1. The van der Waals surface area contributed by atoms with E-state index >= 15 is 0 Å². The van der Waals surface area contributed by atoms with E-state index in [2.05, 4.69) is 20.5 Å². The summed E-state index contributed by atoms with van der Waals surface area (Å²) in [4.78, 5) is 16.4. The zero-order valence-corrected chi connectivity index (χ0v) is 15.3. The van der Waals surface area contributed by atoms with Crippen LogP contribution in [0.5, 0.6) is 0 Å². The van der Waals surface area contributed by atoms with Crippen molar-refractivity contribution < 1.29 is 4.79 Å². The number of anilines is 1. The van der Waals surface area contributed by atoms with Crippen molar-refractivity contribution in [3.05, 3.63) is 69.7 Å². The fourth-order valence-electron chi connectivity index (χ4n) is 2.13. The Hall–Kier alpha value is -2.02. The lowest BCUT2D eigenvalue weighted by Crippen LogP contribution is -2.15. The summed E-state index contributed by atoms with van der Waals surface area (Å²) in [5, 5.41) is 10.9. The fraction of sp³-hybridized carbons (Fsp3) is 0.118. The molecule has 0 atom stereocenters. The first-order chi connectivity index (χ1) is 12.1. The number of benzene rings is 2. The van der Waals surface area contributed by atoms with Crippen LogP contribution in [-0.2, 0) is 17.0 Å². The van der Waals surface area contributed by atoms with Gasteiger partial charge >= 0.3 is 0 Å². The second-order valence-corrected chi connectivity index (χ2v) is 6.92. The Bertz CT molecular complexity index is 850. The zero-order chi connectivity index (χ0) is 17.6. The Kier molecular flexibility index (Phi) is 5.96. The molecule has 0 spiro atoms. The van der Waals surface area contributed by atoms with Crippen molar-refractivity contribution >= 4 is 46.8 Å². The number of carbonyl (C=O) groups excluding carboxylic acids is 1. The summed E-state index contributed by atoms with van der Waals surface area (Å²) in [6.07, 6.45) is 0.0612. The van der Waals surface area contributed by atoms with Crippen molar-refractivity contribution in [2.75, 3.05) is 5.32 Å². The second kappa shape index (κ2) is 8.38. The van der Waals surface area contributed by atoms with Gasteiger partial charge in [0.1, 0.15) is 0 Å². The van der Waals surface area contributed by atoms with E-state index in [1.807, 2.05) is 30.3 Å². The lowest BCUT2D eigenvalue weighted by molar-refractivity contribution is -0.115. The molecule has 128 valence electrons. The van der Waals surface area contributed by atoms with E-state index in [4.69, 9.17) is 23.2 Å². The first-order valence-corrected chi connectivity index (χ1v) is 9.18. The molecule has 3 rings (SSSR count). The number of halogens is 2.